The van der Waals surface area contributed by atoms with Crippen LogP contribution in [-0.2, 0) is 0 Å². The maximum atomic E-state index is 9.88. The van der Waals surface area contributed by atoms with Crippen molar-refractivity contribution in [3.05, 3.63) is 59.2 Å². The lowest BCUT2D eigenvalue weighted by Crippen LogP contribution is -2.22. The summed E-state index contributed by atoms with van der Waals surface area (Å²) in [6.07, 6.45) is 0. The molecule has 21 heavy (non-hydrogen) atoms. The van der Waals surface area contributed by atoms with Gasteiger partial charge in [0, 0.05) is 23.7 Å². The Morgan fingerprint density at radius 3 is 2.24 bits per heavy atom. The number of phenols is 2. The third kappa shape index (κ3) is 3.53. The van der Waals surface area contributed by atoms with Crippen molar-refractivity contribution < 1.29 is 10.2 Å². The van der Waals surface area contributed by atoms with Crippen molar-refractivity contribution in [1.82, 2.24) is 5.32 Å². The van der Waals surface area contributed by atoms with Crippen LogP contribution in [0.5, 0.6) is 11.5 Å². The monoisotopic (exact) mass is 282 g/mol. The van der Waals surface area contributed by atoms with Crippen LogP contribution in [0, 0.1) is 11.3 Å². The largest absolute Gasteiger partial charge is 0.508 e. The molecule has 0 saturated carbocycles. The van der Waals surface area contributed by atoms with E-state index in [-0.39, 0.29) is 23.6 Å². The van der Waals surface area contributed by atoms with Gasteiger partial charge < -0.3 is 15.5 Å². The highest BCUT2D eigenvalue weighted by molar-refractivity contribution is 5.41. The first kappa shape index (κ1) is 14.9. The fourth-order valence-electron chi connectivity index (χ4n) is 2.31. The van der Waals surface area contributed by atoms with Crippen LogP contribution in [0.2, 0.25) is 0 Å². The second-order valence-electron chi connectivity index (χ2n) is 5.09. The van der Waals surface area contributed by atoms with Crippen LogP contribution in [0.25, 0.3) is 0 Å². The molecule has 108 valence electrons. The molecule has 0 heterocycles. The molecule has 0 saturated heterocycles. The molecular weight excluding hydrogens is 264 g/mol. The van der Waals surface area contributed by atoms with Crippen molar-refractivity contribution in [2.75, 3.05) is 0 Å². The molecule has 0 bridgehead atoms. The second-order valence-corrected chi connectivity index (χ2v) is 5.09. The van der Waals surface area contributed by atoms with E-state index in [9.17, 15) is 10.2 Å². The highest BCUT2D eigenvalue weighted by Crippen LogP contribution is 2.29. The van der Waals surface area contributed by atoms with E-state index in [1.165, 1.54) is 6.07 Å². The number of phenolic OH excluding ortho intramolecular Hbond substituents is 2. The molecule has 0 spiro atoms. The number of hydrogen-bond donors (Lipinski definition) is 3. The lowest BCUT2D eigenvalue weighted by Gasteiger charge is -2.21. The molecule has 0 fully saturated rings. The summed E-state index contributed by atoms with van der Waals surface area (Å²) in [7, 11) is 0. The zero-order valence-electron chi connectivity index (χ0n) is 12.0. The van der Waals surface area contributed by atoms with Crippen LogP contribution in [0.3, 0.4) is 0 Å². The topological polar surface area (TPSA) is 76.3 Å². The average molecular weight is 282 g/mol. The third-order valence-electron chi connectivity index (χ3n) is 3.52. The van der Waals surface area contributed by atoms with Gasteiger partial charge in [0.1, 0.15) is 11.5 Å². The first-order valence-electron chi connectivity index (χ1n) is 6.79. The second kappa shape index (κ2) is 6.29. The summed E-state index contributed by atoms with van der Waals surface area (Å²) in [5.41, 5.74) is 2.43. The number of rotatable bonds is 4. The normalized spacial score (nSPS) is 13.4. The molecule has 0 aliphatic rings. The van der Waals surface area contributed by atoms with E-state index in [0.717, 1.165) is 11.1 Å². The summed E-state index contributed by atoms with van der Waals surface area (Å²) < 4.78 is 0. The van der Waals surface area contributed by atoms with Crippen LogP contribution >= 0.6 is 0 Å². The molecule has 2 unspecified atom stereocenters. The van der Waals surface area contributed by atoms with Gasteiger partial charge in [-0.2, -0.15) is 5.26 Å². The lowest BCUT2D eigenvalue weighted by atomic mass is 10.0. The van der Waals surface area contributed by atoms with Crippen molar-refractivity contribution in [2.45, 2.75) is 25.9 Å². The van der Waals surface area contributed by atoms with E-state index < -0.39 is 0 Å². The number of benzene rings is 2. The molecule has 4 nitrogen and oxygen atoms in total. The van der Waals surface area contributed by atoms with Crippen LogP contribution in [0.1, 0.15) is 42.6 Å². The van der Waals surface area contributed by atoms with Gasteiger partial charge in [-0.1, -0.05) is 18.2 Å². The van der Waals surface area contributed by atoms with E-state index in [2.05, 4.69) is 11.4 Å². The fraction of sp³-hybridized carbons (Fsp3) is 0.235. The van der Waals surface area contributed by atoms with Gasteiger partial charge in [-0.25, -0.2) is 0 Å². The van der Waals surface area contributed by atoms with Crippen LogP contribution in [-0.4, -0.2) is 10.2 Å². The van der Waals surface area contributed by atoms with Crippen molar-refractivity contribution in [2.24, 2.45) is 0 Å². The maximum absolute atomic E-state index is 9.88. The van der Waals surface area contributed by atoms with Crippen molar-refractivity contribution in [3.8, 4) is 17.6 Å². The van der Waals surface area contributed by atoms with Gasteiger partial charge in [-0.15, -0.1) is 0 Å². The van der Waals surface area contributed by atoms with E-state index in [0.29, 0.717) is 5.56 Å². The van der Waals surface area contributed by atoms with Gasteiger partial charge in [0.05, 0.1) is 11.6 Å². The molecule has 0 amide bonds. The predicted molar refractivity (Wildman–Crippen MR) is 80.9 cm³/mol. The minimum Gasteiger partial charge on any atom is -0.508 e. The minimum absolute atomic E-state index is 0.0450. The van der Waals surface area contributed by atoms with Crippen molar-refractivity contribution >= 4 is 0 Å². The minimum atomic E-state index is -0.0729. The molecule has 3 N–H and O–H groups in total. The standard InChI is InChI=1S/C17H18N2O2/c1-11(14-5-3-13(10-18)4-6-14)19-12(2)16-8-7-15(20)9-17(16)21/h3-9,11-12,19-21H,1-2H3. The first-order chi connectivity index (χ1) is 10.0. The molecule has 2 aromatic carbocycles. The lowest BCUT2D eigenvalue weighted by molar-refractivity contribution is 0.427. The zero-order valence-corrected chi connectivity index (χ0v) is 12.0. The highest BCUT2D eigenvalue weighted by Gasteiger charge is 2.14. The Hall–Kier alpha value is -2.51. The fourth-order valence-corrected chi connectivity index (χ4v) is 2.31. The Kier molecular flexibility index (Phi) is 4.46. The summed E-state index contributed by atoms with van der Waals surface area (Å²) in [6.45, 7) is 3.97. The van der Waals surface area contributed by atoms with E-state index >= 15 is 0 Å². The average Bonchev–Trinajstić information content (AvgIpc) is 2.47. The first-order valence-corrected chi connectivity index (χ1v) is 6.79. The molecular formula is C17H18N2O2. The Labute approximate surface area is 124 Å². The number of nitrogens with zero attached hydrogens (tertiary/aromatic N) is 1. The smallest absolute Gasteiger partial charge is 0.124 e. The highest BCUT2D eigenvalue weighted by atomic mass is 16.3. The third-order valence-corrected chi connectivity index (χ3v) is 3.52. The summed E-state index contributed by atoms with van der Waals surface area (Å²) in [4.78, 5) is 0. The maximum Gasteiger partial charge on any atom is 0.124 e. The SMILES string of the molecule is CC(NC(C)c1ccc(O)cc1O)c1ccc(C#N)cc1. The molecule has 2 atom stereocenters. The summed E-state index contributed by atoms with van der Waals surface area (Å²) in [5, 5.41) is 31.4. The molecule has 0 aromatic heterocycles. The molecule has 2 rings (SSSR count). The van der Waals surface area contributed by atoms with Crippen LogP contribution < -0.4 is 5.32 Å². The predicted octanol–water partition coefficient (Wildman–Crippen LogP) is 3.38. The number of nitrogens with one attached hydrogen (secondary N) is 1. The Morgan fingerprint density at radius 2 is 1.67 bits per heavy atom. The van der Waals surface area contributed by atoms with Gasteiger partial charge >= 0.3 is 0 Å². The van der Waals surface area contributed by atoms with Crippen LogP contribution in [0.15, 0.2) is 42.5 Å². The number of nitriles is 1. The quantitative estimate of drug-likeness (QED) is 0.803. The Balaban J connectivity index is 2.10. The van der Waals surface area contributed by atoms with E-state index in [4.69, 9.17) is 5.26 Å². The van der Waals surface area contributed by atoms with Gasteiger partial charge in [-0.3, -0.25) is 0 Å². The summed E-state index contributed by atoms with van der Waals surface area (Å²) in [5.74, 6) is 0.116. The molecule has 4 heteroatoms. The molecule has 0 aliphatic heterocycles. The summed E-state index contributed by atoms with van der Waals surface area (Å²) in [6, 6.07) is 14.1. The summed E-state index contributed by atoms with van der Waals surface area (Å²) >= 11 is 0. The molecule has 0 aliphatic carbocycles. The van der Waals surface area contributed by atoms with E-state index in [1.54, 1.807) is 24.3 Å². The van der Waals surface area contributed by atoms with Crippen LogP contribution in [0.4, 0.5) is 0 Å². The molecule has 0 radical (unpaired) electrons. The van der Waals surface area contributed by atoms with Crippen molar-refractivity contribution in [1.29, 1.82) is 5.26 Å². The van der Waals surface area contributed by atoms with Gasteiger partial charge in [0.2, 0.25) is 0 Å². The van der Waals surface area contributed by atoms with Crippen molar-refractivity contribution in [3.63, 3.8) is 0 Å². The van der Waals surface area contributed by atoms with E-state index in [1.807, 2.05) is 26.0 Å². The number of hydrogen-bond acceptors (Lipinski definition) is 4. The Bertz CT molecular complexity index is 659. The molecule has 2 aromatic rings. The number of aromatic hydroxyl groups is 2. The van der Waals surface area contributed by atoms with Gasteiger partial charge in [0.25, 0.3) is 0 Å². The van der Waals surface area contributed by atoms with Gasteiger partial charge in [-0.05, 0) is 37.6 Å². The zero-order chi connectivity index (χ0) is 15.4. The van der Waals surface area contributed by atoms with Gasteiger partial charge in [0.15, 0.2) is 0 Å². The Morgan fingerprint density at radius 1 is 1.00 bits per heavy atom.